The van der Waals surface area contributed by atoms with Crippen LogP contribution in [0.25, 0.3) is 0 Å². The standard InChI is InChI=1S/C14H23F2NO/c1-10(6-11-4-2-3-5-11)14(18)17-8-12(9-17)7-13(15)16/h10-13H,2-9H2,1H3. The summed E-state index contributed by atoms with van der Waals surface area (Å²) in [4.78, 5) is 13.8. The van der Waals surface area contributed by atoms with E-state index in [0.29, 0.717) is 19.0 Å². The van der Waals surface area contributed by atoms with Gasteiger partial charge in [-0.05, 0) is 18.3 Å². The highest BCUT2D eigenvalue weighted by Gasteiger charge is 2.35. The molecule has 1 aliphatic heterocycles. The molecule has 2 rings (SSSR count). The van der Waals surface area contributed by atoms with Crippen LogP contribution < -0.4 is 0 Å². The molecule has 1 saturated heterocycles. The molecule has 1 amide bonds. The number of rotatable bonds is 5. The van der Waals surface area contributed by atoms with Crippen molar-refractivity contribution in [1.29, 1.82) is 0 Å². The number of alkyl halides is 2. The molecule has 0 radical (unpaired) electrons. The van der Waals surface area contributed by atoms with Gasteiger partial charge in [-0.25, -0.2) is 8.78 Å². The van der Waals surface area contributed by atoms with Crippen molar-refractivity contribution in [2.75, 3.05) is 13.1 Å². The van der Waals surface area contributed by atoms with Crippen LogP contribution in [0.3, 0.4) is 0 Å². The zero-order valence-electron chi connectivity index (χ0n) is 11.1. The number of carbonyl (C=O) groups is 1. The van der Waals surface area contributed by atoms with Gasteiger partial charge in [0.2, 0.25) is 12.3 Å². The second kappa shape index (κ2) is 5.98. The van der Waals surface area contributed by atoms with Gasteiger partial charge in [0.25, 0.3) is 0 Å². The number of nitrogens with zero attached hydrogens (tertiary/aromatic N) is 1. The van der Waals surface area contributed by atoms with Crippen LogP contribution in [-0.2, 0) is 4.79 Å². The van der Waals surface area contributed by atoms with E-state index >= 15 is 0 Å². The molecule has 1 saturated carbocycles. The van der Waals surface area contributed by atoms with E-state index in [0.717, 1.165) is 6.42 Å². The number of halogens is 2. The fourth-order valence-electron chi connectivity index (χ4n) is 3.31. The first-order chi connectivity index (χ1) is 8.56. The van der Waals surface area contributed by atoms with Gasteiger partial charge in [0.05, 0.1) is 0 Å². The van der Waals surface area contributed by atoms with Gasteiger partial charge in [0, 0.05) is 25.4 Å². The minimum Gasteiger partial charge on any atom is -0.342 e. The summed E-state index contributed by atoms with van der Waals surface area (Å²) in [5.74, 6) is 0.975. The Labute approximate surface area is 108 Å². The maximum atomic E-state index is 12.2. The van der Waals surface area contributed by atoms with Crippen molar-refractivity contribution in [3.8, 4) is 0 Å². The average molecular weight is 259 g/mol. The lowest BCUT2D eigenvalue weighted by atomic mass is 9.90. The van der Waals surface area contributed by atoms with E-state index in [4.69, 9.17) is 0 Å². The Morgan fingerprint density at radius 2 is 1.78 bits per heavy atom. The Morgan fingerprint density at radius 1 is 1.17 bits per heavy atom. The van der Waals surface area contributed by atoms with Crippen molar-refractivity contribution in [2.45, 2.75) is 51.9 Å². The van der Waals surface area contributed by atoms with Crippen molar-refractivity contribution in [1.82, 2.24) is 4.90 Å². The van der Waals surface area contributed by atoms with E-state index < -0.39 is 6.43 Å². The van der Waals surface area contributed by atoms with E-state index in [-0.39, 0.29) is 24.2 Å². The molecule has 2 nitrogen and oxygen atoms in total. The molecule has 0 aromatic rings. The Bertz CT molecular complexity index is 284. The number of hydrogen-bond donors (Lipinski definition) is 0. The molecule has 1 unspecified atom stereocenters. The zero-order chi connectivity index (χ0) is 13.1. The lowest BCUT2D eigenvalue weighted by molar-refractivity contribution is -0.143. The normalized spacial score (nSPS) is 23.4. The van der Waals surface area contributed by atoms with E-state index in [1.54, 1.807) is 4.90 Å². The van der Waals surface area contributed by atoms with Crippen molar-refractivity contribution >= 4 is 5.91 Å². The zero-order valence-corrected chi connectivity index (χ0v) is 11.1. The fourth-order valence-corrected chi connectivity index (χ4v) is 3.31. The Balaban J connectivity index is 1.68. The Kier molecular flexibility index (Phi) is 4.57. The lowest BCUT2D eigenvalue weighted by Crippen LogP contribution is -2.52. The molecule has 1 atom stereocenters. The third-order valence-electron chi connectivity index (χ3n) is 4.36. The van der Waals surface area contributed by atoms with Crippen LogP contribution in [0.15, 0.2) is 0 Å². The van der Waals surface area contributed by atoms with Crippen LogP contribution in [0.4, 0.5) is 8.78 Å². The van der Waals surface area contributed by atoms with Crippen molar-refractivity contribution in [3.63, 3.8) is 0 Å². The lowest BCUT2D eigenvalue weighted by Gasteiger charge is -2.41. The Hall–Kier alpha value is -0.670. The monoisotopic (exact) mass is 259 g/mol. The van der Waals surface area contributed by atoms with Gasteiger partial charge in [-0.1, -0.05) is 32.6 Å². The topological polar surface area (TPSA) is 20.3 Å². The number of hydrogen-bond acceptors (Lipinski definition) is 1. The van der Waals surface area contributed by atoms with Crippen molar-refractivity contribution < 1.29 is 13.6 Å². The molecule has 18 heavy (non-hydrogen) atoms. The summed E-state index contributed by atoms with van der Waals surface area (Å²) >= 11 is 0. The van der Waals surface area contributed by atoms with Crippen molar-refractivity contribution in [2.24, 2.45) is 17.8 Å². The van der Waals surface area contributed by atoms with Crippen LogP contribution in [-0.4, -0.2) is 30.3 Å². The summed E-state index contributed by atoms with van der Waals surface area (Å²) in [5, 5.41) is 0. The van der Waals surface area contributed by atoms with Gasteiger partial charge in [0.1, 0.15) is 0 Å². The first-order valence-corrected chi connectivity index (χ1v) is 7.13. The molecule has 0 N–H and O–H groups in total. The van der Waals surface area contributed by atoms with Crippen LogP contribution in [0.5, 0.6) is 0 Å². The van der Waals surface area contributed by atoms with E-state index in [1.807, 2.05) is 6.92 Å². The van der Waals surface area contributed by atoms with Gasteiger partial charge in [-0.3, -0.25) is 4.79 Å². The van der Waals surface area contributed by atoms with E-state index in [9.17, 15) is 13.6 Å². The summed E-state index contributed by atoms with van der Waals surface area (Å²) in [7, 11) is 0. The molecule has 4 heteroatoms. The summed E-state index contributed by atoms with van der Waals surface area (Å²) in [6.45, 7) is 3.07. The first-order valence-electron chi connectivity index (χ1n) is 7.13. The SMILES string of the molecule is CC(CC1CCCC1)C(=O)N1CC(CC(F)F)C1. The van der Waals surface area contributed by atoms with Crippen molar-refractivity contribution in [3.05, 3.63) is 0 Å². The van der Waals surface area contributed by atoms with Gasteiger partial charge >= 0.3 is 0 Å². The maximum absolute atomic E-state index is 12.2. The summed E-state index contributed by atoms with van der Waals surface area (Å²) in [5.41, 5.74) is 0. The highest BCUT2D eigenvalue weighted by atomic mass is 19.3. The van der Waals surface area contributed by atoms with E-state index in [1.165, 1.54) is 25.7 Å². The molecule has 104 valence electrons. The predicted molar refractivity (Wildman–Crippen MR) is 66.4 cm³/mol. The van der Waals surface area contributed by atoms with E-state index in [2.05, 4.69) is 0 Å². The molecular weight excluding hydrogens is 236 g/mol. The number of carbonyl (C=O) groups excluding carboxylic acids is 1. The van der Waals surface area contributed by atoms with Crippen LogP contribution >= 0.6 is 0 Å². The van der Waals surface area contributed by atoms with Crippen LogP contribution in [0, 0.1) is 17.8 Å². The minimum atomic E-state index is -2.23. The highest BCUT2D eigenvalue weighted by molar-refractivity contribution is 5.79. The maximum Gasteiger partial charge on any atom is 0.239 e. The quantitative estimate of drug-likeness (QED) is 0.741. The largest absolute Gasteiger partial charge is 0.342 e. The average Bonchev–Trinajstić information content (AvgIpc) is 2.74. The first kappa shape index (κ1) is 13.8. The van der Waals surface area contributed by atoms with Gasteiger partial charge < -0.3 is 4.90 Å². The highest BCUT2D eigenvalue weighted by Crippen LogP contribution is 2.32. The summed E-state index contributed by atoms with van der Waals surface area (Å²) in [6, 6.07) is 0. The molecule has 0 spiro atoms. The van der Waals surface area contributed by atoms with Gasteiger partial charge in [0.15, 0.2) is 0 Å². The van der Waals surface area contributed by atoms with Crippen LogP contribution in [0.1, 0.15) is 45.4 Å². The minimum absolute atomic E-state index is 0.0210. The molecule has 2 aliphatic rings. The predicted octanol–water partition coefficient (Wildman–Crippen LogP) is 3.32. The molecule has 1 heterocycles. The fraction of sp³-hybridized carbons (Fsp3) is 0.929. The second-order valence-electron chi connectivity index (χ2n) is 6.02. The third kappa shape index (κ3) is 3.42. The van der Waals surface area contributed by atoms with Gasteiger partial charge in [-0.15, -0.1) is 0 Å². The smallest absolute Gasteiger partial charge is 0.239 e. The molecule has 2 fully saturated rings. The molecular formula is C14H23F2NO. The molecule has 0 bridgehead atoms. The third-order valence-corrected chi connectivity index (χ3v) is 4.36. The summed E-state index contributed by atoms with van der Waals surface area (Å²) in [6.07, 6.45) is 3.80. The number of likely N-dealkylation sites (tertiary alicyclic amines) is 1. The second-order valence-corrected chi connectivity index (χ2v) is 6.02. The molecule has 0 aromatic heterocycles. The number of amides is 1. The molecule has 0 aromatic carbocycles. The van der Waals surface area contributed by atoms with Gasteiger partial charge in [-0.2, -0.15) is 0 Å². The van der Waals surface area contributed by atoms with Crippen LogP contribution in [0.2, 0.25) is 0 Å². The Morgan fingerprint density at radius 3 is 2.33 bits per heavy atom. The summed E-state index contributed by atoms with van der Waals surface area (Å²) < 4.78 is 24.3. The molecule has 1 aliphatic carbocycles.